The van der Waals surface area contributed by atoms with E-state index in [0.717, 1.165) is 0 Å². The lowest BCUT2D eigenvalue weighted by Crippen LogP contribution is -2.38. The Bertz CT molecular complexity index is 226. The molecule has 0 spiro atoms. The summed E-state index contributed by atoms with van der Waals surface area (Å²) in [5.41, 5.74) is 0. The van der Waals surface area contributed by atoms with E-state index < -0.39 is 5.97 Å². The van der Waals surface area contributed by atoms with Crippen LogP contribution in [-0.2, 0) is 9.59 Å². The smallest absolute Gasteiger partial charge is 0.305 e. The summed E-state index contributed by atoms with van der Waals surface area (Å²) in [4.78, 5) is 23.9. The largest absolute Gasteiger partial charge is 0.481 e. The van der Waals surface area contributed by atoms with Crippen molar-refractivity contribution in [2.45, 2.75) is 34.1 Å². The Morgan fingerprint density at radius 2 is 1.80 bits per heavy atom. The Kier molecular flexibility index (Phi) is 5.97. The Morgan fingerprint density at radius 1 is 1.27 bits per heavy atom. The second-order valence-corrected chi connectivity index (χ2v) is 4.09. The molecule has 0 saturated heterocycles. The summed E-state index contributed by atoms with van der Waals surface area (Å²) >= 11 is 0. The topological polar surface area (TPSA) is 57.6 Å². The van der Waals surface area contributed by atoms with E-state index in [1.807, 2.05) is 27.7 Å². The fraction of sp³-hybridized carbons (Fsp3) is 0.818. The fourth-order valence-electron chi connectivity index (χ4n) is 1.23. The van der Waals surface area contributed by atoms with Crippen LogP contribution in [0.4, 0.5) is 0 Å². The molecule has 4 nitrogen and oxygen atoms in total. The number of carboxylic acid groups (broad SMARTS) is 1. The summed E-state index contributed by atoms with van der Waals surface area (Å²) in [6.45, 7) is 8.62. The first-order chi connectivity index (χ1) is 6.90. The molecule has 0 fully saturated rings. The van der Waals surface area contributed by atoms with Gasteiger partial charge in [-0.05, 0) is 12.8 Å². The van der Waals surface area contributed by atoms with Crippen molar-refractivity contribution in [2.75, 3.05) is 13.1 Å². The van der Waals surface area contributed by atoms with E-state index in [0.29, 0.717) is 13.1 Å². The van der Waals surface area contributed by atoms with Gasteiger partial charge in [-0.15, -0.1) is 0 Å². The van der Waals surface area contributed by atoms with Gasteiger partial charge in [0.2, 0.25) is 5.91 Å². The zero-order valence-electron chi connectivity index (χ0n) is 9.99. The van der Waals surface area contributed by atoms with Crippen molar-refractivity contribution in [3.63, 3.8) is 0 Å². The minimum Gasteiger partial charge on any atom is -0.481 e. The molecular formula is C11H21NO3. The predicted octanol–water partition coefficient (Wildman–Crippen LogP) is 1.60. The van der Waals surface area contributed by atoms with Gasteiger partial charge in [-0.1, -0.05) is 20.8 Å². The van der Waals surface area contributed by atoms with Crippen LogP contribution in [0.5, 0.6) is 0 Å². The Hall–Kier alpha value is -1.06. The molecule has 1 amide bonds. The lowest BCUT2D eigenvalue weighted by molar-refractivity contribution is -0.140. The molecule has 1 unspecified atom stereocenters. The normalized spacial score (nSPS) is 12.6. The van der Waals surface area contributed by atoms with Crippen LogP contribution in [0.3, 0.4) is 0 Å². The van der Waals surface area contributed by atoms with E-state index in [1.165, 1.54) is 0 Å². The molecule has 1 N–H and O–H groups in total. The summed E-state index contributed by atoms with van der Waals surface area (Å²) in [6, 6.07) is 0. The van der Waals surface area contributed by atoms with Crippen LogP contribution in [0.25, 0.3) is 0 Å². The number of hydrogen-bond acceptors (Lipinski definition) is 2. The van der Waals surface area contributed by atoms with Gasteiger partial charge in [0.25, 0.3) is 0 Å². The average Bonchev–Trinajstić information content (AvgIpc) is 2.16. The highest BCUT2D eigenvalue weighted by molar-refractivity contribution is 5.79. The van der Waals surface area contributed by atoms with Crippen LogP contribution in [0.1, 0.15) is 34.1 Å². The van der Waals surface area contributed by atoms with E-state index >= 15 is 0 Å². The third kappa shape index (κ3) is 4.81. The van der Waals surface area contributed by atoms with Gasteiger partial charge < -0.3 is 10.0 Å². The molecule has 0 aliphatic heterocycles. The van der Waals surface area contributed by atoms with E-state index in [-0.39, 0.29) is 24.2 Å². The molecule has 1 atom stereocenters. The fourth-order valence-corrected chi connectivity index (χ4v) is 1.23. The maximum atomic E-state index is 11.9. The minimum absolute atomic E-state index is 0.0182. The third-order valence-corrected chi connectivity index (χ3v) is 2.68. The lowest BCUT2D eigenvalue weighted by Gasteiger charge is -2.25. The van der Waals surface area contributed by atoms with Crippen molar-refractivity contribution in [3.8, 4) is 0 Å². The van der Waals surface area contributed by atoms with Crippen molar-refractivity contribution >= 4 is 11.9 Å². The monoisotopic (exact) mass is 215 g/mol. The Balaban J connectivity index is 4.27. The zero-order valence-corrected chi connectivity index (χ0v) is 9.99. The Morgan fingerprint density at radius 3 is 2.13 bits per heavy atom. The average molecular weight is 215 g/mol. The quantitative estimate of drug-likeness (QED) is 0.732. The molecule has 15 heavy (non-hydrogen) atoms. The first-order valence-electron chi connectivity index (χ1n) is 5.40. The number of amides is 1. The van der Waals surface area contributed by atoms with Crippen molar-refractivity contribution in [2.24, 2.45) is 11.8 Å². The molecule has 0 aromatic heterocycles. The summed E-state index contributed by atoms with van der Waals surface area (Å²) in [6.07, 6.45) is 0.0182. The molecular weight excluding hydrogens is 194 g/mol. The molecule has 0 aliphatic rings. The highest BCUT2D eigenvalue weighted by Crippen LogP contribution is 2.13. The van der Waals surface area contributed by atoms with Gasteiger partial charge >= 0.3 is 5.97 Å². The second-order valence-electron chi connectivity index (χ2n) is 4.09. The SMILES string of the molecule is CCN(CCC(=O)O)C(=O)C(C)C(C)C. The third-order valence-electron chi connectivity index (χ3n) is 2.68. The molecule has 0 radical (unpaired) electrons. The van der Waals surface area contributed by atoms with Crippen LogP contribution in [-0.4, -0.2) is 35.0 Å². The summed E-state index contributed by atoms with van der Waals surface area (Å²) in [7, 11) is 0. The zero-order chi connectivity index (χ0) is 12.0. The maximum absolute atomic E-state index is 11.9. The van der Waals surface area contributed by atoms with Gasteiger partial charge in [-0.25, -0.2) is 0 Å². The maximum Gasteiger partial charge on any atom is 0.305 e. The molecule has 0 bridgehead atoms. The number of nitrogens with zero attached hydrogens (tertiary/aromatic N) is 1. The van der Waals surface area contributed by atoms with Crippen LogP contribution < -0.4 is 0 Å². The van der Waals surface area contributed by atoms with Gasteiger partial charge in [-0.2, -0.15) is 0 Å². The molecule has 0 aliphatic carbocycles. The van der Waals surface area contributed by atoms with Gasteiger partial charge in [0, 0.05) is 19.0 Å². The van der Waals surface area contributed by atoms with Crippen LogP contribution in [0, 0.1) is 11.8 Å². The molecule has 0 saturated carbocycles. The molecule has 0 heterocycles. The van der Waals surface area contributed by atoms with Crippen molar-refractivity contribution in [3.05, 3.63) is 0 Å². The van der Waals surface area contributed by atoms with E-state index in [2.05, 4.69) is 0 Å². The molecule has 0 aromatic rings. The van der Waals surface area contributed by atoms with Gasteiger partial charge in [0.15, 0.2) is 0 Å². The summed E-state index contributed by atoms with van der Waals surface area (Å²) in [5, 5.41) is 8.55. The van der Waals surface area contributed by atoms with Crippen molar-refractivity contribution < 1.29 is 14.7 Å². The molecule has 88 valence electrons. The number of carbonyl (C=O) groups excluding carboxylic acids is 1. The first kappa shape index (κ1) is 13.9. The van der Waals surface area contributed by atoms with E-state index in [1.54, 1.807) is 4.90 Å². The molecule has 0 aromatic carbocycles. The van der Waals surface area contributed by atoms with Gasteiger partial charge in [0.05, 0.1) is 6.42 Å². The second kappa shape index (κ2) is 6.43. The van der Waals surface area contributed by atoms with Gasteiger partial charge in [0.1, 0.15) is 0 Å². The summed E-state index contributed by atoms with van der Waals surface area (Å²) in [5.74, 6) is -0.567. The van der Waals surface area contributed by atoms with Crippen LogP contribution in [0.15, 0.2) is 0 Å². The molecule has 0 rings (SSSR count). The number of carbonyl (C=O) groups is 2. The van der Waals surface area contributed by atoms with Crippen LogP contribution >= 0.6 is 0 Å². The standard InChI is InChI=1S/C11H21NO3/c1-5-12(7-6-10(13)14)11(15)9(4)8(2)3/h8-9H,5-7H2,1-4H3,(H,13,14). The van der Waals surface area contributed by atoms with E-state index in [4.69, 9.17) is 5.11 Å². The molecule has 4 heteroatoms. The van der Waals surface area contributed by atoms with Crippen molar-refractivity contribution in [1.82, 2.24) is 4.90 Å². The van der Waals surface area contributed by atoms with Crippen molar-refractivity contribution in [1.29, 1.82) is 0 Å². The minimum atomic E-state index is -0.863. The van der Waals surface area contributed by atoms with Gasteiger partial charge in [-0.3, -0.25) is 9.59 Å². The summed E-state index contributed by atoms with van der Waals surface area (Å²) < 4.78 is 0. The first-order valence-corrected chi connectivity index (χ1v) is 5.40. The number of rotatable bonds is 6. The number of aliphatic carboxylic acids is 1. The predicted molar refractivity (Wildman–Crippen MR) is 58.5 cm³/mol. The van der Waals surface area contributed by atoms with Crippen LogP contribution in [0.2, 0.25) is 0 Å². The van der Waals surface area contributed by atoms with E-state index in [9.17, 15) is 9.59 Å². The number of carboxylic acids is 1. The highest BCUT2D eigenvalue weighted by Gasteiger charge is 2.22. The lowest BCUT2D eigenvalue weighted by atomic mass is 9.96. The number of hydrogen-bond donors (Lipinski definition) is 1. The Labute approximate surface area is 91.3 Å². The highest BCUT2D eigenvalue weighted by atomic mass is 16.4.